The minimum absolute atomic E-state index is 0.190. The number of fused-ring (bicyclic) bond motifs is 1. The summed E-state index contributed by atoms with van der Waals surface area (Å²) < 4.78 is 4.02. The van der Waals surface area contributed by atoms with Crippen molar-refractivity contribution in [3.8, 4) is 0 Å². The summed E-state index contributed by atoms with van der Waals surface area (Å²) in [6, 6.07) is 7.93. The van der Waals surface area contributed by atoms with Crippen molar-refractivity contribution in [3.05, 3.63) is 56.0 Å². The van der Waals surface area contributed by atoms with E-state index in [0.29, 0.717) is 17.7 Å². The van der Waals surface area contributed by atoms with Gasteiger partial charge >= 0.3 is 5.69 Å². The third-order valence-electron chi connectivity index (χ3n) is 3.72. The van der Waals surface area contributed by atoms with Crippen LogP contribution in [-0.4, -0.2) is 26.5 Å². The molecule has 112 valence electrons. The number of aromatic nitrogens is 4. The molecule has 0 aliphatic carbocycles. The first kappa shape index (κ1) is 14.7. The molecule has 8 heteroatoms. The van der Waals surface area contributed by atoms with Gasteiger partial charge in [-0.05, 0) is 17.2 Å². The molecule has 0 N–H and O–H groups in total. The fourth-order valence-corrected chi connectivity index (χ4v) is 2.78. The number of imidazole rings is 1. The van der Waals surface area contributed by atoms with E-state index in [1.54, 1.807) is 11.6 Å². The van der Waals surface area contributed by atoms with Crippen LogP contribution in [0.3, 0.4) is 0 Å². The molecule has 0 spiro atoms. The van der Waals surface area contributed by atoms with Gasteiger partial charge in [-0.2, -0.15) is 4.98 Å². The summed E-state index contributed by atoms with van der Waals surface area (Å²) in [5, 5.41) is 0.190. The fraction of sp³-hybridized carbons (Fsp3) is 0.214. The molecule has 0 saturated heterocycles. The van der Waals surface area contributed by atoms with Crippen molar-refractivity contribution in [3.63, 3.8) is 0 Å². The number of rotatable bonds is 2. The Labute approximate surface area is 132 Å². The highest BCUT2D eigenvalue weighted by atomic mass is 35.5. The molecule has 0 fully saturated rings. The van der Waals surface area contributed by atoms with Crippen LogP contribution in [0, 0.1) is 0 Å². The molecule has 3 rings (SSSR count). The van der Waals surface area contributed by atoms with Crippen molar-refractivity contribution in [1.82, 2.24) is 18.7 Å². The Morgan fingerprint density at radius 1 is 1.23 bits per heavy atom. The lowest BCUT2D eigenvalue weighted by molar-refractivity contribution is 0.702. The lowest BCUT2D eigenvalue weighted by Gasteiger charge is -2.08. The van der Waals surface area contributed by atoms with Gasteiger partial charge in [-0.1, -0.05) is 29.7 Å². The first-order chi connectivity index (χ1) is 10.4. The van der Waals surface area contributed by atoms with E-state index in [1.807, 2.05) is 32.1 Å². The average molecular weight is 317 g/mol. The van der Waals surface area contributed by atoms with Gasteiger partial charge in [-0.15, -0.1) is 0 Å². The number of hydrogen-bond acceptors (Lipinski definition) is 3. The van der Waals surface area contributed by atoms with E-state index in [4.69, 9.17) is 11.6 Å². The van der Waals surface area contributed by atoms with Crippen LogP contribution in [0.4, 0.5) is 0 Å². The highest BCUT2D eigenvalue weighted by molar-refractivity contribution is 6.32. The molecule has 0 unspecified atom stereocenters. The molecule has 0 saturated carbocycles. The minimum atomic E-state index is -0.422. The Morgan fingerprint density at radius 3 is 2.64 bits per heavy atom. The van der Waals surface area contributed by atoms with Crippen molar-refractivity contribution in [1.29, 1.82) is 0 Å². The Kier molecular flexibility index (Phi) is 3.45. The van der Waals surface area contributed by atoms with Gasteiger partial charge in [0.1, 0.15) is 7.85 Å². The Balaban J connectivity index is 2.29. The second-order valence-corrected chi connectivity index (χ2v) is 5.67. The van der Waals surface area contributed by atoms with Crippen molar-refractivity contribution >= 4 is 36.1 Å². The largest absolute Gasteiger partial charge is 0.332 e. The summed E-state index contributed by atoms with van der Waals surface area (Å²) in [7, 11) is 5.02. The molecule has 3 aromatic rings. The molecular formula is C14H14BClN4O2. The van der Waals surface area contributed by atoms with Gasteiger partial charge < -0.3 is 4.57 Å². The topological polar surface area (TPSA) is 61.8 Å². The third-order valence-corrected chi connectivity index (χ3v) is 4.01. The maximum atomic E-state index is 12.4. The molecule has 0 bridgehead atoms. The predicted octanol–water partition coefficient (Wildman–Crippen LogP) is -0.606. The first-order valence-corrected chi connectivity index (χ1v) is 7.15. The van der Waals surface area contributed by atoms with E-state index >= 15 is 0 Å². The summed E-state index contributed by atoms with van der Waals surface area (Å²) in [6.45, 7) is 0.421. The van der Waals surface area contributed by atoms with Gasteiger partial charge in [0.05, 0.1) is 6.54 Å². The summed E-state index contributed by atoms with van der Waals surface area (Å²) in [4.78, 5) is 28.6. The number of benzene rings is 1. The van der Waals surface area contributed by atoms with Crippen molar-refractivity contribution < 1.29 is 0 Å². The van der Waals surface area contributed by atoms with Gasteiger partial charge in [0.15, 0.2) is 11.2 Å². The van der Waals surface area contributed by atoms with Crippen LogP contribution >= 0.6 is 11.6 Å². The van der Waals surface area contributed by atoms with E-state index in [0.717, 1.165) is 15.6 Å². The zero-order valence-corrected chi connectivity index (χ0v) is 13.3. The smallest absolute Gasteiger partial charge is 0.304 e. The number of nitrogens with zero attached hydrogens (tertiary/aromatic N) is 4. The molecule has 1 aromatic carbocycles. The van der Waals surface area contributed by atoms with Crippen molar-refractivity contribution in [2.75, 3.05) is 0 Å². The summed E-state index contributed by atoms with van der Waals surface area (Å²) in [6.07, 6.45) is 0. The van der Waals surface area contributed by atoms with Crippen molar-refractivity contribution in [2.24, 2.45) is 14.1 Å². The maximum Gasteiger partial charge on any atom is 0.332 e. The Morgan fingerprint density at radius 2 is 1.95 bits per heavy atom. The average Bonchev–Trinajstić information content (AvgIpc) is 2.80. The standard InChI is InChI=1S/C14H14BClN4O2/c1-18-11-10(12(21)19(2)14(18)22)20(13(16)17-11)7-8-4-3-5-9(15)6-8/h3-6H,7,15H2,1-2H3. The Bertz CT molecular complexity index is 1000. The van der Waals surface area contributed by atoms with Gasteiger partial charge in [-0.25, -0.2) is 4.79 Å². The number of aryl methyl sites for hydroxylation is 1. The van der Waals surface area contributed by atoms with Gasteiger partial charge in [-0.3, -0.25) is 13.9 Å². The first-order valence-electron chi connectivity index (χ1n) is 6.77. The molecule has 6 nitrogen and oxygen atoms in total. The molecule has 22 heavy (non-hydrogen) atoms. The SMILES string of the molecule is Bc1cccc(Cn2c(Cl)nc3c2c(=O)n(C)c(=O)n3C)c1. The summed E-state index contributed by atoms with van der Waals surface area (Å²) in [5.41, 5.74) is 1.94. The van der Waals surface area contributed by atoms with E-state index in [-0.39, 0.29) is 5.28 Å². The van der Waals surface area contributed by atoms with Crippen molar-refractivity contribution in [2.45, 2.75) is 6.54 Å². The Hall–Kier alpha value is -2.28. The van der Waals surface area contributed by atoms with Crippen LogP contribution in [0.2, 0.25) is 5.28 Å². The fourth-order valence-electron chi connectivity index (χ4n) is 2.56. The van der Waals surface area contributed by atoms with Gasteiger partial charge in [0.2, 0.25) is 5.28 Å². The molecule has 0 aliphatic heterocycles. The molecule has 2 aromatic heterocycles. The molecule has 0 aliphatic rings. The van der Waals surface area contributed by atoms with Crippen LogP contribution in [0.15, 0.2) is 33.9 Å². The molecular weight excluding hydrogens is 302 g/mol. The molecule has 0 amide bonds. The maximum absolute atomic E-state index is 12.4. The van der Waals surface area contributed by atoms with E-state index in [1.165, 1.54) is 11.6 Å². The summed E-state index contributed by atoms with van der Waals surface area (Å²) >= 11 is 6.19. The van der Waals surface area contributed by atoms with Crippen LogP contribution in [0.25, 0.3) is 11.2 Å². The van der Waals surface area contributed by atoms with Crippen LogP contribution < -0.4 is 16.7 Å². The lowest BCUT2D eigenvalue weighted by Crippen LogP contribution is -2.37. The normalized spacial score (nSPS) is 11.2. The highest BCUT2D eigenvalue weighted by Gasteiger charge is 2.18. The molecule has 0 radical (unpaired) electrons. The number of hydrogen-bond donors (Lipinski definition) is 0. The molecule has 0 atom stereocenters. The third kappa shape index (κ3) is 2.18. The zero-order valence-electron chi connectivity index (χ0n) is 12.5. The quantitative estimate of drug-likeness (QED) is 0.468. The second kappa shape index (κ2) is 5.17. The zero-order chi connectivity index (χ0) is 16.0. The number of halogens is 1. The highest BCUT2D eigenvalue weighted by Crippen LogP contribution is 2.17. The van der Waals surface area contributed by atoms with Crippen LogP contribution in [-0.2, 0) is 20.6 Å². The minimum Gasteiger partial charge on any atom is -0.304 e. The van der Waals surface area contributed by atoms with Crippen LogP contribution in [0.1, 0.15) is 5.56 Å². The van der Waals surface area contributed by atoms with E-state index in [2.05, 4.69) is 4.98 Å². The predicted molar refractivity (Wildman–Crippen MR) is 88.9 cm³/mol. The lowest BCUT2D eigenvalue weighted by atomic mass is 9.94. The van der Waals surface area contributed by atoms with E-state index < -0.39 is 11.2 Å². The second-order valence-electron chi connectivity index (χ2n) is 5.33. The van der Waals surface area contributed by atoms with Gasteiger partial charge in [0.25, 0.3) is 5.56 Å². The van der Waals surface area contributed by atoms with Gasteiger partial charge in [0, 0.05) is 14.1 Å². The molecule has 2 heterocycles. The van der Waals surface area contributed by atoms with E-state index in [9.17, 15) is 9.59 Å². The summed E-state index contributed by atoms with van der Waals surface area (Å²) in [5.74, 6) is 0. The monoisotopic (exact) mass is 316 g/mol. The van der Waals surface area contributed by atoms with Crippen LogP contribution in [0.5, 0.6) is 0 Å².